The Morgan fingerprint density at radius 3 is 2.81 bits per heavy atom. The van der Waals surface area contributed by atoms with Crippen LogP contribution in [0, 0.1) is 0 Å². The van der Waals surface area contributed by atoms with Gasteiger partial charge in [0.2, 0.25) is 11.7 Å². The third-order valence-electron chi connectivity index (χ3n) is 4.60. The Balaban J connectivity index is 1.45. The molecule has 0 unspecified atom stereocenters. The molecule has 0 aliphatic heterocycles. The molecule has 9 heteroatoms. The Hall–Kier alpha value is -2.94. The second-order valence-electron chi connectivity index (χ2n) is 6.69. The maximum absolute atomic E-state index is 13.2. The van der Waals surface area contributed by atoms with Gasteiger partial charge < -0.3 is 4.52 Å². The SMILES string of the molecule is O=c1c2ccccc2nc(SCc2nc(-c3cccc(Cl)c3)no2)n1Cc1cccs1. The van der Waals surface area contributed by atoms with Crippen LogP contribution in [0.2, 0.25) is 5.02 Å². The number of benzene rings is 2. The fourth-order valence-electron chi connectivity index (χ4n) is 3.14. The molecule has 0 saturated heterocycles. The number of para-hydroxylation sites is 1. The molecule has 6 nitrogen and oxygen atoms in total. The summed E-state index contributed by atoms with van der Waals surface area (Å²) < 4.78 is 7.11. The maximum Gasteiger partial charge on any atom is 0.262 e. The molecule has 31 heavy (non-hydrogen) atoms. The maximum atomic E-state index is 13.2. The lowest BCUT2D eigenvalue weighted by molar-refractivity contribution is 0.391. The first-order chi connectivity index (χ1) is 15.2. The molecule has 0 saturated carbocycles. The highest BCUT2D eigenvalue weighted by Crippen LogP contribution is 2.25. The Morgan fingerprint density at radius 1 is 1.06 bits per heavy atom. The number of thiophene rings is 1. The number of nitrogens with zero attached hydrogens (tertiary/aromatic N) is 4. The van der Waals surface area contributed by atoms with Crippen molar-refractivity contribution in [3.8, 4) is 11.4 Å². The van der Waals surface area contributed by atoms with E-state index in [0.29, 0.717) is 45.1 Å². The first-order valence-electron chi connectivity index (χ1n) is 9.41. The monoisotopic (exact) mass is 466 g/mol. The van der Waals surface area contributed by atoms with Crippen LogP contribution in [0.25, 0.3) is 22.3 Å². The lowest BCUT2D eigenvalue weighted by Gasteiger charge is -2.11. The quantitative estimate of drug-likeness (QED) is 0.243. The van der Waals surface area contributed by atoms with E-state index in [1.807, 2.05) is 47.8 Å². The van der Waals surface area contributed by atoms with Crippen LogP contribution in [-0.4, -0.2) is 19.7 Å². The molecule has 5 rings (SSSR count). The van der Waals surface area contributed by atoms with E-state index in [1.54, 1.807) is 34.1 Å². The summed E-state index contributed by atoms with van der Waals surface area (Å²) in [5, 5.41) is 7.86. The Kier molecular flexibility index (Phi) is 5.59. The minimum atomic E-state index is -0.0633. The van der Waals surface area contributed by atoms with E-state index in [9.17, 15) is 4.79 Å². The van der Waals surface area contributed by atoms with Crippen LogP contribution >= 0.6 is 34.7 Å². The fourth-order valence-corrected chi connectivity index (χ4v) is 4.86. The second-order valence-corrected chi connectivity index (χ2v) is 9.10. The third kappa shape index (κ3) is 4.27. The zero-order chi connectivity index (χ0) is 21.2. The highest BCUT2D eigenvalue weighted by atomic mass is 35.5. The Labute approximate surface area is 190 Å². The molecule has 0 atom stereocenters. The largest absolute Gasteiger partial charge is 0.338 e. The van der Waals surface area contributed by atoms with Crippen molar-refractivity contribution in [2.45, 2.75) is 17.5 Å². The third-order valence-corrected chi connectivity index (χ3v) is 6.65. The summed E-state index contributed by atoms with van der Waals surface area (Å²) in [5.74, 6) is 1.31. The molecule has 0 aliphatic carbocycles. The van der Waals surface area contributed by atoms with Crippen LogP contribution < -0.4 is 5.56 Å². The molecular weight excluding hydrogens is 452 g/mol. The van der Waals surface area contributed by atoms with Crippen molar-refractivity contribution in [3.05, 3.63) is 92.2 Å². The fraction of sp³-hybridized carbons (Fsp3) is 0.0909. The second kappa shape index (κ2) is 8.66. The average Bonchev–Trinajstić information content (AvgIpc) is 3.47. The van der Waals surface area contributed by atoms with Crippen LogP contribution in [0.15, 0.2) is 80.5 Å². The van der Waals surface area contributed by atoms with Crippen molar-refractivity contribution in [1.29, 1.82) is 0 Å². The molecule has 5 aromatic rings. The van der Waals surface area contributed by atoms with E-state index in [-0.39, 0.29) is 5.56 Å². The molecule has 0 amide bonds. The van der Waals surface area contributed by atoms with E-state index in [2.05, 4.69) is 10.1 Å². The molecule has 2 aromatic carbocycles. The van der Waals surface area contributed by atoms with E-state index < -0.39 is 0 Å². The number of hydrogen-bond donors (Lipinski definition) is 0. The topological polar surface area (TPSA) is 73.8 Å². The van der Waals surface area contributed by atoms with E-state index in [0.717, 1.165) is 10.4 Å². The van der Waals surface area contributed by atoms with Crippen LogP contribution in [0.5, 0.6) is 0 Å². The smallest absolute Gasteiger partial charge is 0.262 e. The van der Waals surface area contributed by atoms with Crippen LogP contribution in [0.3, 0.4) is 0 Å². The molecule has 3 aromatic heterocycles. The van der Waals surface area contributed by atoms with Gasteiger partial charge in [0.25, 0.3) is 5.56 Å². The molecule has 0 spiro atoms. The van der Waals surface area contributed by atoms with Gasteiger partial charge in [-0.05, 0) is 35.7 Å². The lowest BCUT2D eigenvalue weighted by Crippen LogP contribution is -2.23. The minimum Gasteiger partial charge on any atom is -0.338 e. The van der Waals surface area contributed by atoms with Gasteiger partial charge >= 0.3 is 0 Å². The lowest BCUT2D eigenvalue weighted by atomic mass is 10.2. The molecule has 3 heterocycles. The number of rotatable bonds is 6. The molecule has 0 radical (unpaired) electrons. The summed E-state index contributed by atoms with van der Waals surface area (Å²) in [6.07, 6.45) is 0. The summed E-state index contributed by atoms with van der Waals surface area (Å²) in [6.45, 7) is 0.467. The van der Waals surface area contributed by atoms with E-state index in [4.69, 9.17) is 21.1 Å². The van der Waals surface area contributed by atoms with Gasteiger partial charge in [-0.25, -0.2) is 4.98 Å². The molecule has 0 aliphatic rings. The first kappa shape index (κ1) is 20.0. The van der Waals surface area contributed by atoms with E-state index >= 15 is 0 Å². The van der Waals surface area contributed by atoms with E-state index in [1.165, 1.54) is 11.8 Å². The number of aromatic nitrogens is 4. The summed E-state index contributed by atoms with van der Waals surface area (Å²) in [5.41, 5.74) is 1.39. The normalized spacial score (nSPS) is 11.3. The van der Waals surface area contributed by atoms with Gasteiger partial charge in [0, 0.05) is 15.5 Å². The number of halogens is 1. The summed E-state index contributed by atoms with van der Waals surface area (Å²) in [4.78, 5) is 23.4. The van der Waals surface area contributed by atoms with Crippen molar-refractivity contribution in [2.24, 2.45) is 0 Å². The van der Waals surface area contributed by atoms with Crippen molar-refractivity contribution in [1.82, 2.24) is 19.7 Å². The Morgan fingerprint density at radius 2 is 1.97 bits per heavy atom. The van der Waals surface area contributed by atoms with Crippen molar-refractivity contribution in [3.63, 3.8) is 0 Å². The highest BCUT2D eigenvalue weighted by Gasteiger charge is 2.15. The molecule has 0 bridgehead atoms. The highest BCUT2D eigenvalue weighted by molar-refractivity contribution is 7.98. The van der Waals surface area contributed by atoms with Gasteiger partial charge in [-0.1, -0.05) is 58.9 Å². The number of fused-ring (bicyclic) bond motifs is 1. The predicted molar refractivity (Wildman–Crippen MR) is 124 cm³/mol. The van der Waals surface area contributed by atoms with Gasteiger partial charge in [-0.2, -0.15) is 4.98 Å². The van der Waals surface area contributed by atoms with Gasteiger partial charge in [-0.15, -0.1) is 11.3 Å². The van der Waals surface area contributed by atoms with Gasteiger partial charge in [0.1, 0.15) is 0 Å². The van der Waals surface area contributed by atoms with Gasteiger partial charge in [0.05, 0.1) is 23.2 Å². The summed E-state index contributed by atoms with van der Waals surface area (Å²) >= 11 is 9.06. The minimum absolute atomic E-state index is 0.0633. The molecule has 0 fully saturated rings. The van der Waals surface area contributed by atoms with Crippen LogP contribution in [-0.2, 0) is 12.3 Å². The summed E-state index contributed by atoms with van der Waals surface area (Å²) in [7, 11) is 0. The standard InChI is InChI=1S/C22H15ClN4O2S2/c23-15-6-3-5-14(11-15)20-25-19(29-26-20)13-31-22-24-18-9-2-1-8-17(18)21(28)27(22)12-16-7-4-10-30-16/h1-11H,12-13H2. The number of thioether (sulfide) groups is 1. The molecular formula is C22H15ClN4O2S2. The number of hydrogen-bond acceptors (Lipinski definition) is 7. The van der Waals surface area contributed by atoms with Crippen molar-refractivity contribution >= 4 is 45.6 Å². The first-order valence-corrected chi connectivity index (χ1v) is 11.6. The van der Waals surface area contributed by atoms with Gasteiger partial charge in [-0.3, -0.25) is 9.36 Å². The molecule has 0 N–H and O–H groups in total. The van der Waals surface area contributed by atoms with Crippen molar-refractivity contribution < 1.29 is 4.52 Å². The van der Waals surface area contributed by atoms with Crippen molar-refractivity contribution in [2.75, 3.05) is 0 Å². The average molecular weight is 467 g/mol. The predicted octanol–water partition coefficient (Wildman–Crippen LogP) is 5.50. The van der Waals surface area contributed by atoms with Crippen LogP contribution in [0.1, 0.15) is 10.8 Å². The summed E-state index contributed by atoms with van der Waals surface area (Å²) in [6, 6.07) is 18.7. The Bertz CT molecular complexity index is 1410. The van der Waals surface area contributed by atoms with Gasteiger partial charge in [0.15, 0.2) is 5.16 Å². The zero-order valence-corrected chi connectivity index (χ0v) is 18.5. The van der Waals surface area contributed by atoms with Crippen LogP contribution in [0.4, 0.5) is 0 Å². The zero-order valence-electron chi connectivity index (χ0n) is 16.1. The molecule has 154 valence electrons.